The second-order valence-electron chi connectivity index (χ2n) is 7.09. The van der Waals surface area contributed by atoms with Crippen molar-refractivity contribution < 1.29 is 4.74 Å². The van der Waals surface area contributed by atoms with Crippen molar-refractivity contribution in [3.8, 4) is 0 Å². The van der Waals surface area contributed by atoms with Crippen LogP contribution >= 0.6 is 0 Å². The lowest BCUT2D eigenvalue weighted by molar-refractivity contribution is 0.122. The summed E-state index contributed by atoms with van der Waals surface area (Å²) in [6, 6.07) is 0. The summed E-state index contributed by atoms with van der Waals surface area (Å²) in [5, 5.41) is 4.67. The van der Waals surface area contributed by atoms with Crippen LogP contribution in [-0.2, 0) is 18.3 Å². The number of aryl methyl sites for hydroxylation is 2. The molecule has 0 bridgehead atoms. The third kappa shape index (κ3) is 3.00. The second kappa shape index (κ2) is 6.18. The molecule has 1 atom stereocenters. The lowest BCUT2D eigenvalue weighted by Gasteiger charge is -2.30. The standard InChI is InChI=1S/C16H29N5O/c1-13-14(10-20-5-4-16(2,11-17)12-20)15(19(3)18-13)21-6-8-22-9-7-21/h4-12,17H2,1-3H3. The fourth-order valence-electron chi connectivity index (χ4n) is 3.70. The van der Waals surface area contributed by atoms with Crippen molar-refractivity contribution in [2.24, 2.45) is 18.2 Å². The Labute approximate surface area is 133 Å². The molecule has 1 unspecified atom stereocenters. The fourth-order valence-corrected chi connectivity index (χ4v) is 3.70. The van der Waals surface area contributed by atoms with E-state index in [1.54, 1.807) is 0 Å². The summed E-state index contributed by atoms with van der Waals surface area (Å²) in [6.07, 6.45) is 1.19. The molecular formula is C16H29N5O. The fraction of sp³-hybridized carbons (Fsp3) is 0.812. The van der Waals surface area contributed by atoms with E-state index in [4.69, 9.17) is 10.5 Å². The number of likely N-dealkylation sites (tertiary alicyclic amines) is 1. The molecule has 0 saturated carbocycles. The van der Waals surface area contributed by atoms with Crippen LogP contribution in [0.4, 0.5) is 5.82 Å². The van der Waals surface area contributed by atoms with Gasteiger partial charge in [-0.15, -0.1) is 0 Å². The molecule has 2 aliphatic heterocycles. The number of morpholine rings is 1. The minimum absolute atomic E-state index is 0.273. The van der Waals surface area contributed by atoms with Crippen molar-refractivity contribution in [1.29, 1.82) is 0 Å². The molecule has 0 aliphatic carbocycles. The molecule has 0 aromatic carbocycles. The van der Waals surface area contributed by atoms with Crippen LogP contribution < -0.4 is 10.6 Å². The molecule has 3 rings (SSSR count). The predicted octanol–water partition coefficient (Wildman–Crippen LogP) is 0.736. The average Bonchev–Trinajstić information content (AvgIpc) is 3.02. The van der Waals surface area contributed by atoms with Gasteiger partial charge in [0.2, 0.25) is 0 Å². The number of hydrogen-bond acceptors (Lipinski definition) is 5. The zero-order valence-electron chi connectivity index (χ0n) is 14.1. The molecule has 22 heavy (non-hydrogen) atoms. The Bertz CT molecular complexity index is 523. The summed E-state index contributed by atoms with van der Waals surface area (Å²) in [5.74, 6) is 1.27. The van der Waals surface area contributed by atoms with Gasteiger partial charge < -0.3 is 15.4 Å². The van der Waals surface area contributed by atoms with Gasteiger partial charge in [0.15, 0.2) is 0 Å². The summed E-state index contributed by atoms with van der Waals surface area (Å²) < 4.78 is 7.52. The molecule has 2 fully saturated rings. The van der Waals surface area contributed by atoms with Crippen LogP contribution in [0.2, 0.25) is 0 Å². The number of nitrogens with two attached hydrogens (primary N) is 1. The Morgan fingerprint density at radius 3 is 2.64 bits per heavy atom. The third-order valence-corrected chi connectivity index (χ3v) is 5.14. The quantitative estimate of drug-likeness (QED) is 0.889. The van der Waals surface area contributed by atoms with E-state index in [-0.39, 0.29) is 5.41 Å². The van der Waals surface area contributed by atoms with Crippen molar-refractivity contribution in [1.82, 2.24) is 14.7 Å². The predicted molar refractivity (Wildman–Crippen MR) is 88.0 cm³/mol. The highest BCUT2D eigenvalue weighted by Gasteiger charge is 2.33. The van der Waals surface area contributed by atoms with Crippen LogP contribution in [-0.4, -0.2) is 60.6 Å². The van der Waals surface area contributed by atoms with E-state index in [9.17, 15) is 0 Å². The van der Waals surface area contributed by atoms with E-state index in [1.165, 1.54) is 17.8 Å². The van der Waals surface area contributed by atoms with E-state index < -0.39 is 0 Å². The molecule has 0 radical (unpaired) electrons. The van der Waals surface area contributed by atoms with E-state index in [0.717, 1.165) is 58.2 Å². The number of hydrogen-bond donors (Lipinski definition) is 1. The molecule has 2 saturated heterocycles. The van der Waals surface area contributed by atoms with Crippen molar-refractivity contribution >= 4 is 5.82 Å². The molecule has 2 aliphatic rings. The van der Waals surface area contributed by atoms with Crippen LogP contribution in [0, 0.1) is 12.3 Å². The molecule has 3 heterocycles. The number of ether oxygens (including phenoxy) is 1. The van der Waals surface area contributed by atoms with Gasteiger partial charge in [-0.3, -0.25) is 9.58 Å². The summed E-state index contributed by atoms with van der Waals surface area (Å²) in [5.41, 5.74) is 8.72. The van der Waals surface area contributed by atoms with E-state index in [0.29, 0.717) is 0 Å². The summed E-state index contributed by atoms with van der Waals surface area (Å²) in [6.45, 7) is 11.9. The minimum atomic E-state index is 0.273. The lowest BCUT2D eigenvalue weighted by Crippen LogP contribution is -2.38. The molecular weight excluding hydrogens is 278 g/mol. The topological polar surface area (TPSA) is 59.5 Å². The van der Waals surface area contributed by atoms with Gasteiger partial charge in [-0.25, -0.2) is 0 Å². The third-order valence-electron chi connectivity index (χ3n) is 5.14. The SMILES string of the molecule is Cc1nn(C)c(N2CCOCC2)c1CN1CCC(C)(CN)C1. The summed E-state index contributed by atoms with van der Waals surface area (Å²) in [4.78, 5) is 4.94. The highest BCUT2D eigenvalue weighted by atomic mass is 16.5. The maximum atomic E-state index is 5.94. The van der Waals surface area contributed by atoms with Crippen molar-refractivity contribution in [2.45, 2.75) is 26.8 Å². The van der Waals surface area contributed by atoms with Gasteiger partial charge in [0, 0.05) is 38.8 Å². The van der Waals surface area contributed by atoms with Crippen molar-refractivity contribution in [3.63, 3.8) is 0 Å². The Morgan fingerprint density at radius 1 is 1.27 bits per heavy atom. The Kier molecular flexibility index (Phi) is 4.43. The first kappa shape index (κ1) is 15.8. The van der Waals surface area contributed by atoms with Gasteiger partial charge in [-0.05, 0) is 31.8 Å². The van der Waals surface area contributed by atoms with E-state index in [2.05, 4.69) is 35.8 Å². The largest absolute Gasteiger partial charge is 0.378 e. The highest BCUT2D eigenvalue weighted by Crippen LogP contribution is 2.32. The van der Waals surface area contributed by atoms with Gasteiger partial charge >= 0.3 is 0 Å². The van der Waals surface area contributed by atoms with Gasteiger partial charge in [0.05, 0.1) is 18.9 Å². The number of nitrogens with zero attached hydrogens (tertiary/aromatic N) is 4. The van der Waals surface area contributed by atoms with Crippen molar-refractivity contribution in [3.05, 3.63) is 11.3 Å². The molecule has 6 nitrogen and oxygen atoms in total. The maximum absolute atomic E-state index is 5.94. The summed E-state index contributed by atoms with van der Waals surface area (Å²) in [7, 11) is 2.05. The molecule has 2 N–H and O–H groups in total. The van der Waals surface area contributed by atoms with Crippen LogP contribution in [0.3, 0.4) is 0 Å². The van der Waals surface area contributed by atoms with Crippen LogP contribution in [0.5, 0.6) is 0 Å². The molecule has 1 aromatic heterocycles. The number of rotatable bonds is 4. The molecule has 124 valence electrons. The molecule has 1 aromatic rings. The first-order valence-corrected chi connectivity index (χ1v) is 8.30. The van der Waals surface area contributed by atoms with Crippen molar-refractivity contribution in [2.75, 3.05) is 50.8 Å². The highest BCUT2D eigenvalue weighted by molar-refractivity contribution is 5.50. The van der Waals surface area contributed by atoms with E-state index >= 15 is 0 Å². The summed E-state index contributed by atoms with van der Waals surface area (Å²) >= 11 is 0. The van der Waals surface area contributed by atoms with Crippen LogP contribution in [0.25, 0.3) is 0 Å². The average molecular weight is 307 g/mol. The molecule has 0 spiro atoms. The molecule has 0 amide bonds. The first-order chi connectivity index (χ1) is 10.5. The van der Waals surface area contributed by atoms with Gasteiger partial charge in [0.1, 0.15) is 5.82 Å². The Morgan fingerprint density at radius 2 is 2.00 bits per heavy atom. The number of anilines is 1. The normalized spacial score (nSPS) is 26.8. The Balaban J connectivity index is 1.78. The van der Waals surface area contributed by atoms with Crippen LogP contribution in [0.15, 0.2) is 0 Å². The van der Waals surface area contributed by atoms with Gasteiger partial charge in [-0.1, -0.05) is 6.92 Å². The van der Waals surface area contributed by atoms with Gasteiger partial charge in [-0.2, -0.15) is 5.10 Å². The second-order valence-corrected chi connectivity index (χ2v) is 7.09. The van der Waals surface area contributed by atoms with Gasteiger partial charge in [0.25, 0.3) is 0 Å². The smallest absolute Gasteiger partial charge is 0.131 e. The maximum Gasteiger partial charge on any atom is 0.131 e. The zero-order chi connectivity index (χ0) is 15.7. The minimum Gasteiger partial charge on any atom is -0.378 e. The lowest BCUT2D eigenvalue weighted by atomic mass is 9.90. The number of aromatic nitrogens is 2. The van der Waals surface area contributed by atoms with Crippen LogP contribution in [0.1, 0.15) is 24.6 Å². The zero-order valence-corrected chi connectivity index (χ0v) is 14.1. The first-order valence-electron chi connectivity index (χ1n) is 8.30. The monoisotopic (exact) mass is 307 g/mol. The van der Waals surface area contributed by atoms with E-state index in [1.807, 2.05) is 4.68 Å². The molecule has 6 heteroatoms. The Hall–Kier alpha value is -1.11.